The van der Waals surface area contributed by atoms with Crippen LogP contribution in [0.3, 0.4) is 0 Å². The molecule has 2 N–H and O–H groups in total. The molecule has 1 rings (SSSR count). The van der Waals surface area contributed by atoms with Gasteiger partial charge in [0.2, 0.25) is 10.0 Å². The van der Waals surface area contributed by atoms with E-state index in [1.165, 1.54) is 19.4 Å². The van der Waals surface area contributed by atoms with Crippen LogP contribution in [-0.2, 0) is 21.8 Å². The van der Waals surface area contributed by atoms with Gasteiger partial charge < -0.3 is 14.4 Å². The van der Waals surface area contributed by atoms with Crippen LogP contribution < -0.4 is 4.72 Å². The molecule has 1 atom stereocenters. The number of aromatic nitrogens is 1. The Morgan fingerprint density at radius 2 is 2.22 bits per heavy atom. The van der Waals surface area contributed by atoms with Gasteiger partial charge in [0.25, 0.3) is 0 Å². The molecular formula is C11H20N2O4S. The summed E-state index contributed by atoms with van der Waals surface area (Å²) in [6.45, 7) is 1.90. The average Bonchev–Trinajstić information content (AvgIpc) is 2.72. The van der Waals surface area contributed by atoms with E-state index in [-0.39, 0.29) is 11.4 Å². The zero-order valence-corrected chi connectivity index (χ0v) is 11.7. The van der Waals surface area contributed by atoms with Crippen LogP contribution in [0.1, 0.15) is 13.3 Å². The van der Waals surface area contributed by atoms with Crippen LogP contribution in [0.2, 0.25) is 0 Å². The highest BCUT2D eigenvalue weighted by Gasteiger charge is 2.24. The molecule has 1 aromatic heterocycles. The Balaban J connectivity index is 2.62. The molecule has 18 heavy (non-hydrogen) atoms. The molecule has 0 spiro atoms. The molecule has 0 fully saturated rings. The third-order valence-corrected chi connectivity index (χ3v) is 3.99. The SMILES string of the molecule is COCCC(C)(O)CNS(=O)(=O)c1ccn(C)c1. The van der Waals surface area contributed by atoms with E-state index in [1.807, 2.05) is 0 Å². The van der Waals surface area contributed by atoms with Gasteiger partial charge in [-0.25, -0.2) is 13.1 Å². The Morgan fingerprint density at radius 1 is 1.56 bits per heavy atom. The van der Waals surface area contributed by atoms with E-state index < -0.39 is 15.6 Å². The van der Waals surface area contributed by atoms with Gasteiger partial charge in [-0.05, 0) is 13.0 Å². The molecule has 0 saturated carbocycles. The van der Waals surface area contributed by atoms with Crippen LogP contribution in [0.4, 0.5) is 0 Å². The van der Waals surface area contributed by atoms with Gasteiger partial charge in [-0.3, -0.25) is 0 Å². The fourth-order valence-corrected chi connectivity index (χ4v) is 2.59. The second-order valence-corrected chi connectivity index (χ2v) is 6.34. The topological polar surface area (TPSA) is 80.6 Å². The van der Waals surface area contributed by atoms with Crippen molar-refractivity contribution < 1.29 is 18.3 Å². The summed E-state index contributed by atoms with van der Waals surface area (Å²) in [7, 11) is -0.294. The molecule has 1 heterocycles. The summed E-state index contributed by atoms with van der Waals surface area (Å²) in [5.41, 5.74) is -1.13. The van der Waals surface area contributed by atoms with E-state index in [0.717, 1.165) is 0 Å². The number of aryl methyl sites for hydroxylation is 1. The highest BCUT2D eigenvalue weighted by molar-refractivity contribution is 7.89. The Morgan fingerprint density at radius 3 is 2.72 bits per heavy atom. The predicted molar refractivity (Wildman–Crippen MR) is 67.7 cm³/mol. The van der Waals surface area contributed by atoms with Crippen LogP contribution in [0.25, 0.3) is 0 Å². The van der Waals surface area contributed by atoms with Gasteiger partial charge in [0.05, 0.1) is 10.5 Å². The largest absolute Gasteiger partial charge is 0.389 e. The summed E-state index contributed by atoms with van der Waals surface area (Å²) in [4.78, 5) is 0.188. The second-order valence-electron chi connectivity index (χ2n) is 4.58. The molecule has 0 saturated heterocycles. The van der Waals surface area contributed by atoms with Crippen molar-refractivity contribution in [1.29, 1.82) is 0 Å². The molecule has 7 heteroatoms. The number of nitrogens with zero attached hydrogens (tertiary/aromatic N) is 1. The monoisotopic (exact) mass is 276 g/mol. The Hall–Kier alpha value is -0.890. The Bertz CT molecular complexity index is 479. The minimum atomic E-state index is -3.57. The normalized spacial score (nSPS) is 15.6. The fourth-order valence-electron chi connectivity index (χ4n) is 1.38. The van der Waals surface area contributed by atoms with E-state index in [4.69, 9.17) is 4.74 Å². The molecule has 0 aliphatic rings. The summed E-state index contributed by atoms with van der Waals surface area (Å²) in [5.74, 6) is 0. The van der Waals surface area contributed by atoms with Gasteiger partial charge in [0.1, 0.15) is 0 Å². The summed E-state index contributed by atoms with van der Waals surface area (Å²) < 4.78 is 32.7. The fraction of sp³-hybridized carbons (Fsp3) is 0.636. The van der Waals surface area contributed by atoms with E-state index in [0.29, 0.717) is 13.0 Å². The first-order chi connectivity index (χ1) is 8.27. The smallest absolute Gasteiger partial charge is 0.242 e. The van der Waals surface area contributed by atoms with Crippen LogP contribution in [0, 0.1) is 0 Å². The number of rotatable bonds is 7. The van der Waals surface area contributed by atoms with Gasteiger partial charge in [-0.1, -0.05) is 0 Å². The molecule has 0 aliphatic carbocycles. The summed E-state index contributed by atoms with van der Waals surface area (Å²) in [6.07, 6.45) is 3.52. The molecule has 0 aliphatic heterocycles. The first kappa shape index (κ1) is 15.2. The molecule has 0 aromatic carbocycles. The van der Waals surface area contributed by atoms with E-state index in [9.17, 15) is 13.5 Å². The number of nitrogens with one attached hydrogen (secondary N) is 1. The van der Waals surface area contributed by atoms with Crippen molar-refractivity contribution in [3.8, 4) is 0 Å². The van der Waals surface area contributed by atoms with Crippen LogP contribution in [0.5, 0.6) is 0 Å². The third-order valence-electron chi connectivity index (χ3n) is 2.60. The van der Waals surface area contributed by atoms with Crippen molar-refractivity contribution in [2.24, 2.45) is 7.05 Å². The molecule has 0 radical (unpaired) electrons. The van der Waals surface area contributed by atoms with Crippen LogP contribution >= 0.6 is 0 Å². The van der Waals surface area contributed by atoms with E-state index in [1.54, 1.807) is 24.7 Å². The van der Waals surface area contributed by atoms with Crippen molar-refractivity contribution in [2.45, 2.75) is 23.8 Å². The van der Waals surface area contributed by atoms with Crippen molar-refractivity contribution >= 4 is 10.0 Å². The molecule has 6 nitrogen and oxygen atoms in total. The predicted octanol–water partition coefficient (Wildman–Crippen LogP) is 0.0909. The third kappa shape index (κ3) is 4.41. The second kappa shape index (κ2) is 5.83. The zero-order chi connectivity index (χ0) is 13.8. The average molecular weight is 276 g/mol. The van der Waals surface area contributed by atoms with Gasteiger partial charge in [-0.15, -0.1) is 0 Å². The van der Waals surface area contributed by atoms with Gasteiger partial charge in [0.15, 0.2) is 0 Å². The number of methoxy groups -OCH3 is 1. The lowest BCUT2D eigenvalue weighted by Gasteiger charge is -2.22. The number of hydrogen-bond acceptors (Lipinski definition) is 4. The highest BCUT2D eigenvalue weighted by atomic mass is 32.2. The Kier molecular flexibility index (Phi) is 4.92. The maximum atomic E-state index is 11.9. The first-order valence-electron chi connectivity index (χ1n) is 5.60. The molecule has 1 unspecified atom stereocenters. The lowest BCUT2D eigenvalue weighted by atomic mass is 10.0. The number of ether oxygens (including phenoxy) is 1. The van der Waals surface area contributed by atoms with E-state index in [2.05, 4.69) is 4.72 Å². The number of hydrogen-bond donors (Lipinski definition) is 2. The maximum absolute atomic E-state index is 11.9. The maximum Gasteiger partial charge on any atom is 0.242 e. The lowest BCUT2D eigenvalue weighted by molar-refractivity contribution is 0.0292. The minimum absolute atomic E-state index is 0.0480. The van der Waals surface area contributed by atoms with Crippen molar-refractivity contribution in [3.63, 3.8) is 0 Å². The lowest BCUT2D eigenvalue weighted by Crippen LogP contribution is -2.41. The Labute approximate surface area is 108 Å². The molecule has 0 bridgehead atoms. The standard InChI is InChI=1S/C11H20N2O4S/c1-11(14,5-7-17-3)9-12-18(15,16)10-4-6-13(2)8-10/h4,6,8,12,14H,5,7,9H2,1-3H3. The first-order valence-corrected chi connectivity index (χ1v) is 7.08. The van der Waals surface area contributed by atoms with Crippen molar-refractivity contribution in [2.75, 3.05) is 20.3 Å². The van der Waals surface area contributed by atoms with Gasteiger partial charge in [-0.2, -0.15) is 0 Å². The number of sulfonamides is 1. The minimum Gasteiger partial charge on any atom is -0.389 e. The summed E-state index contributed by atoms with van der Waals surface area (Å²) in [6, 6.07) is 1.51. The van der Waals surface area contributed by atoms with Crippen LogP contribution in [-0.4, -0.2) is 44.0 Å². The van der Waals surface area contributed by atoms with E-state index >= 15 is 0 Å². The summed E-state index contributed by atoms with van der Waals surface area (Å²) >= 11 is 0. The van der Waals surface area contributed by atoms with Crippen LogP contribution in [0.15, 0.2) is 23.4 Å². The van der Waals surface area contributed by atoms with Gasteiger partial charge in [0, 0.05) is 46.1 Å². The van der Waals surface area contributed by atoms with Crippen molar-refractivity contribution in [3.05, 3.63) is 18.5 Å². The molecule has 1 aromatic rings. The zero-order valence-electron chi connectivity index (χ0n) is 10.9. The van der Waals surface area contributed by atoms with Crippen molar-refractivity contribution in [1.82, 2.24) is 9.29 Å². The highest BCUT2D eigenvalue weighted by Crippen LogP contribution is 2.12. The molecular weight excluding hydrogens is 256 g/mol. The quantitative estimate of drug-likeness (QED) is 0.739. The van der Waals surface area contributed by atoms with Gasteiger partial charge >= 0.3 is 0 Å². The molecule has 104 valence electrons. The number of aliphatic hydroxyl groups is 1. The molecule has 0 amide bonds. The summed E-state index contributed by atoms with van der Waals surface area (Å²) in [5, 5.41) is 9.95.